The maximum atomic E-state index is 6.30. The number of hydrogen-bond donors (Lipinski definition) is 0. The largest absolute Gasteiger partial charge is 0.147 e. The number of unbranched alkanes of at least 4 members (excludes halogenated alkanes) is 8. The summed E-state index contributed by atoms with van der Waals surface area (Å²) in [5, 5.41) is 3.13. The van der Waals surface area contributed by atoms with Gasteiger partial charge in [-0.2, -0.15) is 0 Å². The van der Waals surface area contributed by atoms with Crippen LogP contribution in [-0.4, -0.2) is 0 Å². The molecule has 22 heavy (non-hydrogen) atoms. The lowest BCUT2D eigenvalue weighted by atomic mass is 9.91. The van der Waals surface area contributed by atoms with Crippen LogP contribution in [-0.2, 0) is 6.42 Å². The van der Waals surface area contributed by atoms with Gasteiger partial charge in [-0.05, 0) is 23.8 Å². The van der Waals surface area contributed by atoms with Crippen molar-refractivity contribution in [3.05, 3.63) is 21.3 Å². The molecule has 0 fully saturated rings. The Morgan fingerprint density at radius 1 is 0.864 bits per heavy atom. The normalized spacial score (nSPS) is 12.7. The molecule has 0 aliphatic heterocycles. The Balaban J connectivity index is 2.29. The van der Waals surface area contributed by atoms with Gasteiger partial charge in [0.1, 0.15) is 0 Å². The molecule has 0 amide bonds. The highest BCUT2D eigenvalue weighted by atomic mass is 35.5. The molecule has 0 radical (unpaired) electrons. The number of rotatable bonds is 14. The van der Waals surface area contributed by atoms with Crippen molar-refractivity contribution >= 4 is 22.9 Å². The van der Waals surface area contributed by atoms with Gasteiger partial charge in [0.05, 0.1) is 5.02 Å². The summed E-state index contributed by atoms with van der Waals surface area (Å²) in [5.74, 6) is 0.846. The van der Waals surface area contributed by atoms with Crippen LogP contribution in [0.5, 0.6) is 0 Å². The molecule has 1 aromatic heterocycles. The SMILES string of the molecule is CCCCCCCCC(CCCCCC)Cc1sccc1Cl. The first-order valence-corrected chi connectivity index (χ1v) is 10.8. The van der Waals surface area contributed by atoms with Crippen molar-refractivity contribution in [3.63, 3.8) is 0 Å². The van der Waals surface area contributed by atoms with E-state index >= 15 is 0 Å². The topological polar surface area (TPSA) is 0 Å². The van der Waals surface area contributed by atoms with Crippen molar-refractivity contribution in [2.45, 2.75) is 97.3 Å². The molecule has 1 atom stereocenters. The van der Waals surface area contributed by atoms with Gasteiger partial charge < -0.3 is 0 Å². The first-order chi connectivity index (χ1) is 10.8. The molecule has 0 spiro atoms. The second kappa shape index (κ2) is 13.4. The molecule has 0 N–H and O–H groups in total. The van der Waals surface area contributed by atoms with E-state index in [0.717, 1.165) is 10.9 Å². The summed E-state index contributed by atoms with van der Waals surface area (Å²) in [6.07, 6.45) is 18.0. The van der Waals surface area contributed by atoms with E-state index in [9.17, 15) is 0 Å². The molecule has 0 aliphatic rings. The van der Waals surface area contributed by atoms with E-state index < -0.39 is 0 Å². The van der Waals surface area contributed by atoms with Crippen LogP contribution >= 0.6 is 22.9 Å². The molecule has 0 saturated heterocycles. The molecule has 0 aromatic carbocycles. The Bertz CT molecular complexity index is 358. The fourth-order valence-corrected chi connectivity index (χ4v) is 4.38. The first kappa shape index (κ1) is 20.0. The Morgan fingerprint density at radius 3 is 1.95 bits per heavy atom. The Hall–Kier alpha value is -0.0100. The first-order valence-electron chi connectivity index (χ1n) is 9.49. The van der Waals surface area contributed by atoms with Crippen molar-refractivity contribution in [2.24, 2.45) is 5.92 Å². The molecule has 1 heterocycles. The predicted molar refractivity (Wildman–Crippen MR) is 103 cm³/mol. The van der Waals surface area contributed by atoms with E-state index in [-0.39, 0.29) is 0 Å². The van der Waals surface area contributed by atoms with E-state index in [1.165, 1.54) is 88.3 Å². The molecule has 1 rings (SSSR count). The van der Waals surface area contributed by atoms with Gasteiger partial charge in [-0.15, -0.1) is 11.3 Å². The highest BCUT2D eigenvalue weighted by Crippen LogP contribution is 2.29. The number of halogens is 1. The Kier molecular flexibility index (Phi) is 12.2. The average molecular weight is 343 g/mol. The van der Waals surface area contributed by atoms with Crippen LogP contribution in [0, 0.1) is 5.92 Å². The van der Waals surface area contributed by atoms with E-state index in [1.807, 2.05) is 11.3 Å². The Morgan fingerprint density at radius 2 is 1.41 bits per heavy atom. The zero-order chi connectivity index (χ0) is 16.0. The van der Waals surface area contributed by atoms with Gasteiger partial charge in [0.15, 0.2) is 0 Å². The Labute approximate surface area is 147 Å². The van der Waals surface area contributed by atoms with Gasteiger partial charge in [0, 0.05) is 4.88 Å². The maximum Gasteiger partial charge on any atom is 0.0545 e. The summed E-state index contributed by atoms with van der Waals surface area (Å²) in [5.41, 5.74) is 0. The average Bonchev–Trinajstić information content (AvgIpc) is 2.92. The summed E-state index contributed by atoms with van der Waals surface area (Å²) >= 11 is 8.14. The second-order valence-electron chi connectivity index (χ2n) is 6.67. The van der Waals surface area contributed by atoms with Gasteiger partial charge in [0.25, 0.3) is 0 Å². The van der Waals surface area contributed by atoms with E-state index in [1.54, 1.807) is 0 Å². The summed E-state index contributed by atoms with van der Waals surface area (Å²) in [6, 6.07) is 2.06. The minimum absolute atomic E-state index is 0.846. The van der Waals surface area contributed by atoms with E-state index in [4.69, 9.17) is 11.6 Å². The molecule has 1 unspecified atom stereocenters. The fourth-order valence-electron chi connectivity index (χ4n) is 3.15. The highest BCUT2D eigenvalue weighted by molar-refractivity contribution is 7.10. The molecular formula is C20H35ClS. The summed E-state index contributed by atoms with van der Waals surface area (Å²) in [7, 11) is 0. The third-order valence-corrected chi connectivity index (χ3v) is 6.01. The lowest BCUT2D eigenvalue weighted by molar-refractivity contribution is 0.404. The lowest BCUT2D eigenvalue weighted by Gasteiger charge is -2.16. The molecular weight excluding hydrogens is 308 g/mol. The van der Waals surface area contributed by atoms with Crippen LogP contribution in [0.4, 0.5) is 0 Å². The van der Waals surface area contributed by atoms with Crippen LogP contribution in [0.1, 0.15) is 95.8 Å². The maximum absolute atomic E-state index is 6.30. The molecule has 2 heteroatoms. The van der Waals surface area contributed by atoms with E-state index in [2.05, 4.69) is 25.3 Å². The highest BCUT2D eigenvalue weighted by Gasteiger charge is 2.12. The third kappa shape index (κ3) is 9.20. The van der Waals surface area contributed by atoms with Crippen molar-refractivity contribution in [1.82, 2.24) is 0 Å². The van der Waals surface area contributed by atoms with Gasteiger partial charge in [0.2, 0.25) is 0 Å². The van der Waals surface area contributed by atoms with Crippen LogP contribution in [0.15, 0.2) is 11.4 Å². The van der Waals surface area contributed by atoms with Crippen molar-refractivity contribution in [2.75, 3.05) is 0 Å². The smallest absolute Gasteiger partial charge is 0.0545 e. The molecule has 0 aliphatic carbocycles. The second-order valence-corrected chi connectivity index (χ2v) is 8.08. The summed E-state index contributed by atoms with van der Waals surface area (Å²) in [6.45, 7) is 4.58. The lowest BCUT2D eigenvalue weighted by Crippen LogP contribution is -2.04. The molecule has 1 aromatic rings. The minimum Gasteiger partial charge on any atom is -0.147 e. The van der Waals surface area contributed by atoms with Crippen LogP contribution in [0.3, 0.4) is 0 Å². The van der Waals surface area contributed by atoms with E-state index in [0.29, 0.717) is 0 Å². The van der Waals surface area contributed by atoms with Crippen LogP contribution in [0.25, 0.3) is 0 Å². The minimum atomic E-state index is 0.846. The van der Waals surface area contributed by atoms with Crippen molar-refractivity contribution in [3.8, 4) is 0 Å². The van der Waals surface area contributed by atoms with Gasteiger partial charge >= 0.3 is 0 Å². The fraction of sp³-hybridized carbons (Fsp3) is 0.800. The van der Waals surface area contributed by atoms with Gasteiger partial charge in [-0.1, -0.05) is 102 Å². The standard InChI is InChI=1S/C20H35ClS/c1-3-5-7-9-10-12-14-18(13-11-8-6-4-2)17-20-19(21)15-16-22-20/h15-16,18H,3-14,17H2,1-2H3. The number of hydrogen-bond acceptors (Lipinski definition) is 1. The van der Waals surface area contributed by atoms with Crippen molar-refractivity contribution in [1.29, 1.82) is 0 Å². The van der Waals surface area contributed by atoms with Crippen LogP contribution < -0.4 is 0 Å². The molecule has 128 valence electrons. The van der Waals surface area contributed by atoms with Gasteiger partial charge in [-0.3, -0.25) is 0 Å². The number of thiophene rings is 1. The third-order valence-electron chi connectivity index (χ3n) is 4.60. The quantitative estimate of drug-likeness (QED) is 0.298. The molecule has 0 bridgehead atoms. The van der Waals surface area contributed by atoms with Crippen LogP contribution in [0.2, 0.25) is 5.02 Å². The summed E-state index contributed by atoms with van der Waals surface area (Å²) in [4.78, 5) is 1.41. The molecule has 0 nitrogen and oxygen atoms in total. The monoisotopic (exact) mass is 342 g/mol. The zero-order valence-corrected chi connectivity index (χ0v) is 16.3. The van der Waals surface area contributed by atoms with Crippen molar-refractivity contribution < 1.29 is 0 Å². The van der Waals surface area contributed by atoms with Gasteiger partial charge in [-0.25, -0.2) is 0 Å². The predicted octanol–water partition coefficient (Wildman–Crippen LogP) is 8.28. The summed E-state index contributed by atoms with van der Waals surface area (Å²) < 4.78 is 0. The molecule has 0 saturated carbocycles. The zero-order valence-electron chi connectivity index (χ0n) is 14.7.